The van der Waals surface area contributed by atoms with E-state index in [-0.39, 0.29) is 5.92 Å². The fourth-order valence-corrected chi connectivity index (χ4v) is 5.40. The summed E-state index contributed by atoms with van der Waals surface area (Å²) in [6.07, 6.45) is 8.50. The summed E-state index contributed by atoms with van der Waals surface area (Å²) in [5.41, 5.74) is 1.05. The normalized spacial score (nSPS) is 25.0. The minimum Gasteiger partial charge on any atom is -0.355 e. The number of nitrogens with zero attached hydrogens (tertiary/aromatic N) is 4. The Kier molecular flexibility index (Phi) is 4.73. The number of amides is 1. The van der Waals surface area contributed by atoms with Gasteiger partial charge in [0.15, 0.2) is 0 Å². The zero-order valence-electron chi connectivity index (χ0n) is 15.6. The second-order valence-corrected chi connectivity index (χ2v) is 9.08. The molecule has 6 nitrogen and oxygen atoms in total. The Balaban J connectivity index is 1.20. The van der Waals surface area contributed by atoms with Gasteiger partial charge in [0, 0.05) is 31.7 Å². The largest absolute Gasteiger partial charge is 0.355 e. The summed E-state index contributed by atoms with van der Waals surface area (Å²) in [6, 6.07) is 3.13. The first-order chi connectivity index (χ1) is 13.3. The van der Waals surface area contributed by atoms with Gasteiger partial charge in [0.05, 0.1) is 16.1 Å². The Bertz CT molecular complexity index is 812. The fourth-order valence-electron chi connectivity index (χ4n) is 4.54. The third kappa shape index (κ3) is 3.67. The lowest BCUT2D eigenvalue weighted by atomic mass is 9.93. The molecule has 1 amide bonds. The number of carbonyl (C=O) groups excluding carboxylic acids is 1. The van der Waals surface area contributed by atoms with Gasteiger partial charge in [0.1, 0.15) is 12.1 Å². The first-order valence-electron chi connectivity index (χ1n) is 10.3. The fraction of sp³-hybridized carbons (Fsp3) is 0.650. The number of aromatic nitrogens is 2. The van der Waals surface area contributed by atoms with Gasteiger partial charge in [-0.3, -0.25) is 9.69 Å². The lowest BCUT2D eigenvalue weighted by molar-refractivity contribution is -0.127. The van der Waals surface area contributed by atoms with Crippen LogP contribution >= 0.6 is 11.3 Å². The second kappa shape index (κ2) is 7.36. The third-order valence-corrected chi connectivity index (χ3v) is 7.15. The average Bonchev–Trinajstić information content (AvgIpc) is 3.40. The highest BCUT2D eigenvalue weighted by molar-refractivity contribution is 7.17. The number of likely N-dealkylation sites (tertiary alicyclic amines) is 1. The topological polar surface area (TPSA) is 61.4 Å². The number of piperidine rings is 2. The molecule has 0 spiro atoms. The van der Waals surface area contributed by atoms with Crippen molar-refractivity contribution in [3.8, 4) is 0 Å². The van der Waals surface area contributed by atoms with Crippen molar-refractivity contribution < 1.29 is 4.79 Å². The van der Waals surface area contributed by atoms with Crippen LogP contribution in [0.15, 0.2) is 17.8 Å². The molecule has 4 heterocycles. The molecule has 1 aliphatic carbocycles. The van der Waals surface area contributed by atoms with Crippen molar-refractivity contribution in [1.82, 2.24) is 20.2 Å². The highest BCUT2D eigenvalue weighted by Gasteiger charge is 2.34. The van der Waals surface area contributed by atoms with Gasteiger partial charge in [0.25, 0.3) is 0 Å². The summed E-state index contributed by atoms with van der Waals surface area (Å²) in [4.78, 5) is 26.4. The molecule has 0 aromatic carbocycles. The van der Waals surface area contributed by atoms with Gasteiger partial charge in [0.2, 0.25) is 5.91 Å². The molecular weight excluding hydrogens is 358 g/mol. The number of nitrogens with one attached hydrogen (secondary N) is 1. The summed E-state index contributed by atoms with van der Waals surface area (Å²) >= 11 is 1.73. The van der Waals surface area contributed by atoms with E-state index in [1.54, 1.807) is 17.7 Å². The van der Waals surface area contributed by atoms with Gasteiger partial charge in [-0.1, -0.05) is 0 Å². The molecule has 0 radical (unpaired) electrons. The van der Waals surface area contributed by atoms with Crippen LogP contribution in [0.3, 0.4) is 0 Å². The van der Waals surface area contributed by atoms with Gasteiger partial charge in [-0.2, -0.15) is 0 Å². The number of anilines is 1. The van der Waals surface area contributed by atoms with Gasteiger partial charge in [-0.15, -0.1) is 11.3 Å². The van der Waals surface area contributed by atoms with Crippen LogP contribution in [0.25, 0.3) is 10.2 Å². The van der Waals surface area contributed by atoms with Crippen LogP contribution in [-0.2, 0) is 4.79 Å². The molecule has 2 aromatic rings. The molecule has 7 heteroatoms. The van der Waals surface area contributed by atoms with E-state index >= 15 is 0 Å². The molecule has 1 N–H and O–H groups in total. The van der Waals surface area contributed by atoms with Crippen LogP contribution < -0.4 is 10.2 Å². The molecule has 144 valence electrons. The number of thiophene rings is 1. The molecule has 1 atom stereocenters. The molecule has 5 rings (SSSR count). The van der Waals surface area contributed by atoms with Gasteiger partial charge in [-0.05, 0) is 56.5 Å². The van der Waals surface area contributed by atoms with E-state index < -0.39 is 0 Å². The Labute approximate surface area is 164 Å². The van der Waals surface area contributed by atoms with Crippen LogP contribution in [0.1, 0.15) is 38.5 Å². The van der Waals surface area contributed by atoms with Crippen LogP contribution in [0.2, 0.25) is 0 Å². The Hall–Kier alpha value is -1.73. The summed E-state index contributed by atoms with van der Waals surface area (Å²) in [5, 5.41) is 5.30. The Morgan fingerprint density at radius 2 is 1.96 bits per heavy atom. The monoisotopic (exact) mass is 385 g/mol. The molecular formula is C20H27N5OS. The number of carbonyl (C=O) groups is 1. The van der Waals surface area contributed by atoms with Gasteiger partial charge in [-0.25, -0.2) is 9.97 Å². The van der Waals surface area contributed by atoms with E-state index in [0.717, 1.165) is 63.2 Å². The number of rotatable bonds is 4. The predicted molar refractivity (Wildman–Crippen MR) is 108 cm³/mol. The van der Waals surface area contributed by atoms with Crippen molar-refractivity contribution in [3.05, 3.63) is 17.8 Å². The summed E-state index contributed by atoms with van der Waals surface area (Å²) in [6.45, 7) is 4.14. The molecule has 3 fully saturated rings. The highest BCUT2D eigenvalue weighted by Crippen LogP contribution is 2.31. The highest BCUT2D eigenvalue weighted by atomic mass is 32.1. The predicted octanol–water partition coefficient (Wildman–Crippen LogP) is 2.65. The molecule has 2 saturated heterocycles. The van der Waals surface area contributed by atoms with Crippen LogP contribution in [0.5, 0.6) is 0 Å². The third-order valence-electron chi connectivity index (χ3n) is 6.25. The van der Waals surface area contributed by atoms with Crippen molar-refractivity contribution in [2.45, 2.75) is 50.6 Å². The molecule has 0 bridgehead atoms. The maximum absolute atomic E-state index is 12.5. The maximum Gasteiger partial charge on any atom is 0.224 e. The number of hydrogen-bond acceptors (Lipinski definition) is 6. The standard InChI is InChI=1S/C20H27N5OS/c26-20(23-15-3-4-15)14-2-1-8-25(12-14)16-5-9-24(10-6-16)19-18-17(7-11-27-18)21-13-22-19/h7,11,13-16H,1-6,8-10,12H2,(H,23,26)/t14-/m1/s1. The summed E-state index contributed by atoms with van der Waals surface area (Å²) < 4.78 is 1.20. The van der Waals surface area contributed by atoms with Crippen molar-refractivity contribution in [2.75, 3.05) is 31.1 Å². The van der Waals surface area contributed by atoms with Crippen molar-refractivity contribution in [2.24, 2.45) is 5.92 Å². The number of hydrogen-bond donors (Lipinski definition) is 1. The Morgan fingerprint density at radius 3 is 2.78 bits per heavy atom. The lowest BCUT2D eigenvalue weighted by Gasteiger charge is -2.42. The molecule has 0 unspecified atom stereocenters. The van der Waals surface area contributed by atoms with Crippen molar-refractivity contribution in [3.63, 3.8) is 0 Å². The van der Waals surface area contributed by atoms with E-state index in [1.807, 2.05) is 0 Å². The molecule has 2 aliphatic heterocycles. The molecule has 3 aliphatic rings. The van der Waals surface area contributed by atoms with E-state index in [2.05, 4.69) is 36.5 Å². The summed E-state index contributed by atoms with van der Waals surface area (Å²) in [5.74, 6) is 1.57. The quantitative estimate of drug-likeness (QED) is 0.877. The van der Waals surface area contributed by atoms with Crippen LogP contribution in [0, 0.1) is 5.92 Å². The van der Waals surface area contributed by atoms with Crippen molar-refractivity contribution in [1.29, 1.82) is 0 Å². The van der Waals surface area contributed by atoms with E-state index in [9.17, 15) is 4.79 Å². The average molecular weight is 386 g/mol. The SMILES string of the molecule is O=C(NC1CC1)[C@@H]1CCCN(C2CCN(c3ncnc4ccsc34)CC2)C1. The van der Waals surface area contributed by atoms with E-state index in [1.165, 1.54) is 17.5 Å². The maximum atomic E-state index is 12.5. The van der Waals surface area contributed by atoms with Crippen LogP contribution in [-0.4, -0.2) is 59.0 Å². The Morgan fingerprint density at radius 1 is 1.11 bits per heavy atom. The zero-order valence-corrected chi connectivity index (χ0v) is 16.5. The molecule has 1 saturated carbocycles. The summed E-state index contributed by atoms with van der Waals surface area (Å²) in [7, 11) is 0. The van der Waals surface area contributed by atoms with Crippen LogP contribution in [0.4, 0.5) is 5.82 Å². The molecule has 2 aromatic heterocycles. The first kappa shape index (κ1) is 17.4. The number of fused-ring (bicyclic) bond motifs is 1. The van der Waals surface area contributed by atoms with E-state index in [4.69, 9.17) is 0 Å². The van der Waals surface area contributed by atoms with E-state index in [0.29, 0.717) is 18.0 Å². The zero-order chi connectivity index (χ0) is 18.2. The van der Waals surface area contributed by atoms with Crippen molar-refractivity contribution >= 4 is 33.3 Å². The lowest BCUT2D eigenvalue weighted by Crippen LogP contribution is -2.51. The smallest absolute Gasteiger partial charge is 0.224 e. The second-order valence-electron chi connectivity index (χ2n) is 8.17. The van der Waals surface area contributed by atoms with Gasteiger partial charge < -0.3 is 10.2 Å². The minimum absolute atomic E-state index is 0.185. The first-order valence-corrected chi connectivity index (χ1v) is 11.1. The minimum atomic E-state index is 0.185. The van der Waals surface area contributed by atoms with Gasteiger partial charge >= 0.3 is 0 Å². The molecule has 27 heavy (non-hydrogen) atoms.